The third kappa shape index (κ3) is 6.48. The fourth-order valence-electron chi connectivity index (χ4n) is 3.80. The number of halogens is 2. The zero-order valence-corrected chi connectivity index (χ0v) is 22.2. The summed E-state index contributed by atoms with van der Waals surface area (Å²) in [4.78, 5) is 16.7. The summed E-state index contributed by atoms with van der Waals surface area (Å²) in [6.07, 6.45) is 0. The van der Waals surface area contributed by atoms with Crippen LogP contribution in [0.1, 0.15) is 5.56 Å². The number of carbonyl (C=O) groups excluding carboxylic acids is 1. The van der Waals surface area contributed by atoms with E-state index in [1.54, 1.807) is 41.3 Å². The normalized spacial score (nSPS) is 14.0. The Morgan fingerprint density at radius 2 is 1.66 bits per heavy atom. The van der Waals surface area contributed by atoms with E-state index in [0.29, 0.717) is 42.6 Å². The molecule has 0 atom stereocenters. The van der Waals surface area contributed by atoms with E-state index in [0.717, 1.165) is 15.7 Å². The number of hydrogen-bond acceptors (Lipinski definition) is 5. The highest BCUT2D eigenvalue weighted by molar-refractivity contribution is 9.10. The van der Waals surface area contributed by atoms with Gasteiger partial charge in [0.2, 0.25) is 0 Å². The molecule has 0 aliphatic carbocycles. The standard InChI is InChI=1S/C25H25BrClN3O4S/c1-18-2-5-20(27)16-24(18)29-12-14-30(15-13-29)25(31)17-34-22-8-10-23(11-9-22)35(32,33)28-21-6-3-19(26)4-7-21/h2-11,16,28H,12-15,17H2,1H3. The van der Waals surface area contributed by atoms with Crippen molar-refractivity contribution in [3.8, 4) is 5.75 Å². The molecule has 1 fully saturated rings. The van der Waals surface area contributed by atoms with Gasteiger partial charge < -0.3 is 14.5 Å². The summed E-state index contributed by atoms with van der Waals surface area (Å²) in [6, 6.07) is 18.7. The number of ether oxygens (including phenoxy) is 1. The Labute approximate surface area is 218 Å². The highest BCUT2D eigenvalue weighted by Crippen LogP contribution is 2.25. The maximum absolute atomic E-state index is 12.6. The number of amides is 1. The molecule has 1 aliphatic rings. The van der Waals surface area contributed by atoms with E-state index in [4.69, 9.17) is 16.3 Å². The Kier molecular flexibility index (Phi) is 7.88. The number of piperazine rings is 1. The van der Waals surface area contributed by atoms with Crippen LogP contribution in [0.2, 0.25) is 5.02 Å². The summed E-state index contributed by atoms with van der Waals surface area (Å²) in [5.74, 6) is 0.315. The topological polar surface area (TPSA) is 79.0 Å². The van der Waals surface area contributed by atoms with Gasteiger partial charge in [-0.2, -0.15) is 0 Å². The van der Waals surface area contributed by atoms with E-state index in [-0.39, 0.29) is 17.4 Å². The zero-order chi connectivity index (χ0) is 25.0. The number of carbonyl (C=O) groups is 1. The van der Waals surface area contributed by atoms with Crippen LogP contribution in [-0.4, -0.2) is 52.0 Å². The molecule has 4 rings (SSSR count). The molecule has 0 aromatic heterocycles. The van der Waals surface area contributed by atoms with Gasteiger partial charge in [0.1, 0.15) is 5.75 Å². The quantitative estimate of drug-likeness (QED) is 0.430. The molecule has 0 radical (unpaired) electrons. The molecular formula is C25H25BrClN3O4S. The van der Waals surface area contributed by atoms with Crippen molar-refractivity contribution in [2.45, 2.75) is 11.8 Å². The smallest absolute Gasteiger partial charge is 0.261 e. The first kappa shape index (κ1) is 25.3. The number of benzene rings is 3. The second-order valence-corrected chi connectivity index (χ2v) is 11.2. The fraction of sp³-hybridized carbons (Fsp3) is 0.240. The van der Waals surface area contributed by atoms with Crippen LogP contribution in [0, 0.1) is 6.92 Å². The molecule has 0 unspecified atom stereocenters. The molecule has 0 bridgehead atoms. The Bertz CT molecular complexity index is 1290. The van der Waals surface area contributed by atoms with Crippen LogP contribution in [-0.2, 0) is 14.8 Å². The fourth-order valence-corrected chi connectivity index (χ4v) is 5.29. The van der Waals surface area contributed by atoms with E-state index in [1.165, 1.54) is 12.1 Å². The summed E-state index contributed by atoms with van der Waals surface area (Å²) in [6.45, 7) is 4.54. The molecule has 1 N–H and O–H groups in total. The highest BCUT2D eigenvalue weighted by atomic mass is 79.9. The molecule has 1 heterocycles. The molecule has 35 heavy (non-hydrogen) atoms. The van der Waals surface area contributed by atoms with Gasteiger partial charge in [-0.3, -0.25) is 9.52 Å². The summed E-state index contributed by atoms with van der Waals surface area (Å²) in [7, 11) is -3.73. The first-order valence-electron chi connectivity index (χ1n) is 11.0. The SMILES string of the molecule is Cc1ccc(Cl)cc1N1CCN(C(=O)COc2ccc(S(=O)(=O)Nc3ccc(Br)cc3)cc2)CC1. The lowest BCUT2D eigenvalue weighted by Crippen LogP contribution is -2.50. The van der Waals surface area contributed by atoms with Crippen molar-refractivity contribution in [3.05, 3.63) is 81.8 Å². The number of hydrogen-bond donors (Lipinski definition) is 1. The number of sulfonamides is 1. The van der Waals surface area contributed by atoms with Crippen LogP contribution in [0.3, 0.4) is 0 Å². The summed E-state index contributed by atoms with van der Waals surface area (Å²) in [5.41, 5.74) is 2.70. The van der Waals surface area contributed by atoms with Gasteiger partial charge in [-0.1, -0.05) is 33.6 Å². The van der Waals surface area contributed by atoms with Crippen LogP contribution in [0.4, 0.5) is 11.4 Å². The van der Waals surface area contributed by atoms with Crippen molar-refractivity contribution in [3.63, 3.8) is 0 Å². The van der Waals surface area contributed by atoms with Crippen molar-refractivity contribution >= 4 is 54.8 Å². The molecular weight excluding hydrogens is 554 g/mol. The monoisotopic (exact) mass is 577 g/mol. The minimum absolute atomic E-state index is 0.103. The maximum Gasteiger partial charge on any atom is 0.261 e. The van der Waals surface area contributed by atoms with Crippen LogP contribution in [0.5, 0.6) is 5.75 Å². The number of nitrogens with zero attached hydrogens (tertiary/aromatic N) is 2. The van der Waals surface area contributed by atoms with Crippen LogP contribution in [0.25, 0.3) is 0 Å². The van der Waals surface area contributed by atoms with Crippen LogP contribution >= 0.6 is 27.5 Å². The Morgan fingerprint density at radius 1 is 1.00 bits per heavy atom. The van der Waals surface area contributed by atoms with Crippen molar-refractivity contribution < 1.29 is 17.9 Å². The van der Waals surface area contributed by atoms with E-state index in [2.05, 4.69) is 25.6 Å². The van der Waals surface area contributed by atoms with E-state index in [1.807, 2.05) is 25.1 Å². The average Bonchev–Trinajstić information content (AvgIpc) is 2.86. The average molecular weight is 579 g/mol. The summed E-state index contributed by atoms with van der Waals surface area (Å²) in [5, 5.41) is 0.695. The largest absolute Gasteiger partial charge is 0.484 e. The van der Waals surface area contributed by atoms with Gasteiger partial charge >= 0.3 is 0 Å². The molecule has 10 heteroatoms. The molecule has 7 nitrogen and oxygen atoms in total. The molecule has 1 amide bonds. The first-order chi connectivity index (χ1) is 16.7. The lowest BCUT2D eigenvalue weighted by molar-refractivity contribution is -0.133. The maximum atomic E-state index is 12.6. The van der Waals surface area contributed by atoms with Crippen LogP contribution < -0.4 is 14.4 Å². The molecule has 3 aromatic rings. The van der Waals surface area contributed by atoms with Crippen molar-refractivity contribution in [1.29, 1.82) is 0 Å². The predicted molar refractivity (Wildman–Crippen MR) is 142 cm³/mol. The van der Waals surface area contributed by atoms with Gasteiger partial charge in [0.05, 0.1) is 4.90 Å². The molecule has 1 saturated heterocycles. The predicted octanol–water partition coefficient (Wildman–Crippen LogP) is 4.94. The number of nitrogens with one attached hydrogen (secondary N) is 1. The van der Waals surface area contributed by atoms with Crippen LogP contribution in [0.15, 0.2) is 76.1 Å². The van der Waals surface area contributed by atoms with Crippen molar-refractivity contribution in [1.82, 2.24) is 4.90 Å². The van der Waals surface area contributed by atoms with Gasteiger partial charge in [0.15, 0.2) is 6.61 Å². The second kappa shape index (κ2) is 10.9. The second-order valence-electron chi connectivity index (χ2n) is 8.17. The Balaban J connectivity index is 1.28. The molecule has 0 saturated carbocycles. The third-order valence-corrected chi connectivity index (χ3v) is 7.90. The van der Waals surface area contributed by atoms with Crippen molar-refractivity contribution in [2.24, 2.45) is 0 Å². The van der Waals surface area contributed by atoms with Gasteiger partial charge in [-0.15, -0.1) is 0 Å². The van der Waals surface area contributed by atoms with Gasteiger partial charge in [-0.05, 0) is 73.2 Å². The Morgan fingerprint density at radius 3 is 2.31 bits per heavy atom. The lowest BCUT2D eigenvalue weighted by Gasteiger charge is -2.36. The first-order valence-corrected chi connectivity index (χ1v) is 13.7. The Hall–Kier alpha value is -2.75. The van der Waals surface area contributed by atoms with Gasteiger partial charge in [-0.25, -0.2) is 8.42 Å². The number of anilines is 2. The lowest BCUT2D eigenvalue weighted by atomic mass is 10.1. The summed E-state index contributed by atoms with van der Waals surface area (Å²) < 4.78 is 34.2. The minimum atomic E-state index is -3.73. The molecule has 1 aliphatic heterocycles. The minimum Gasteiger partial charge on any atom is -0.484 e. The van der Waals surface area contributed by atoms with E-state index >= 15 is 0 Å². The molecule has 0 spiro atoms. The van der Waals surface area contributed by atoms with Gasteiger partial charge in [0, 0.05) is 47.0 Å². The van der Waals surface area contributed by atoms with E-state index in [9.17, 15) is 13.2 Å². The third-order valence-electron chi connectivity index (χ3n) is 5.74. The van der Waals surface area contributed by atoms with Gasteiger partial charge in [0.25, 0.3) is 15.9 Å². The number of rotatable bonds is 7. The zero-order valence-electron chi connectivity index (χ0n) is 19.1. The molecule has 184 valence electrons. The van der Waals surface area contributed by atoms with E-state index < -0.39 is 10.0 Å². The summed E-state index contributed by atoms with van der Waals surface area (Å²) >= 11 is 9.47. The molecule has 3 aromatic carbocycles. The highest BCUT2D eigenvalue weighted by Gasteiger charge is 2.23. The number of aryl methyl sites for hydroxylation is 1. The van der Waals surface area contributed by atoms with Crippen molar-refractivity contribution in [2.75, 3.05) is 42.4 Å².